The number of ether oxygens (including phenoxy) is 3. The van der Waals surface area contributed by atoms with E-state index in [0.29, 0.717) is 18.3 Å². The van der Waals surface area contributed by atoms with Gasteiger partial charge in [-0.2, -0.15) is 13.2 Å². The number of alkyl halides is 3. The van der Waals surface area contributed by atoms with E-state index in [1.807, 2.05) is 18.2 Å². The molecule has 192 valence electrons. The molecule has 35 heavy (non-hydrogen) atoms. The van der Waals surface area contributed by atoms with Crippen molar-refractivity contribution < 1.29 is 32.2 Å². The Morgan fingerprint density at radius 3 is 2.49 bits per heavy atom. The van der Waals surface area contributed by atoms with E-state index >= 15 is 0 Å². The molecule has 0 amide bonds. The van der Waals surface area contributed by atoms with Gasteiger partial charge in [0.1, 0.15) is 5.82 Å². The Morgan fingerprint density at radius 1 is 1.17 bits per heavy atom. The van der Waals surface area contributed by atoms with Gasteiger partial charge in [-0.05, 0) is 42.5 Å². The molecule has 0 unspecified atom stereocenters. The van der Waals surface area contributed by atoms with Crippen molar-refractivity contribution in [3.63, 3.8) is 0 Å². The first-order valence-corrected chi connectivity index (χ1v) is 11.5. The number of hydrogen-bond acceptors (Lipinski definition) is 7. The number of nitrogens with zero attached hydrogens (tertiary/aromatic N) is 2. The molecule has 1 fully saturated rings. The number of carbonyl (C=O) groups excluding carboxylic acids is 1. The van der Waals surface area contributed by atoms with Crippen molar-refractivity contribution in [3.05, 3.63) is 47.2 Å². The van der Waals surface area contributed by atoms with Gasteiger partial charge in [-0.3, -0.25) is 4.90 Å². The Hall–Kier alpha value is -3.01. The van der Waals surface area contributed by atoms with Crippen LogP contribution in [0.1, 0.15) is 48.2 Å². The molecule has 0 atom stereocenters. The van der Waals surface area contributed by atoms with Gasteiger partial charge in [0.05, 0.1) is 32.0 Å². The highest BCUT2D eigenvalue weighted by molar-refractivity contribution is 5.91. The molecule has 1 saturated heterocycles. The SMILES string of the molecule is COC(=O)c1cnc(NC2CCN(Cc3ccc(OC)c(OCC(C)C)c3)CC2)cc1C(F)(F)F. The standard InChI is InChI=1S/C25H32F3N3O4/c1-16(2)15-35-22-11-17(5-6-21(22)33-3)14-31-9-7-18(8-10-31)30-23-12-20(25(26,27)28)19(13-29-23)24(32)34-4/h5-6,11-13,16,18H,7-10,14-15H2,1-4H3,(H,29,30). The van der Waals surface area contributed by atoms with Gasteiger partial charge in [-0.1, -0.05) is 19.9 Å². The summed E-state index contributed by atoms with van der Waals surface area (Å²) in [7, 11) is 2.65. The summed E-state index contributed by atoms with van der Waals surface area (Å²) in [4.78, 5) is 18.0. The smallest absolute Gasteiger partial charge is 0.417 e. The number of anilines is 1. The van der Waals surface area contributed by atoms with Gasteiger partial charge in [-0.15, -0.1) is 0 Å². The molecule has 1 aliphatic heterocycles. The van der Waals surface area contributed by atoms with Crippen molar-refractivity contribution >= 4 is 11.8 Å². The van der Waals surface area contributed by atoms with Gasteiger partial charge in [-0.25, -0.2) is 9.78 Å². The van der Waals surface area contributed by atoms with Gasteiger partial charge in [0.15, 0.2) is 11.5 Å². The molecule has 0 saturated carbocycles. The summed E-state index contributed by atoms with van der Waals surface area (Å²) in [5.74, 6) is 0.832. The summed E-state index contributed by atoms with van der Waals surface area (Å²) in [6.45, 7) is 7.06. The quantitative estimate of drug-likeness (QED) is 0.491. The van der Waals surface area contributed by atoms with Crippen LogP contribution in [0.3, 0.4) is 0 Å². The predicted octanol–water partition coefficient (Wildman–Crippen LogP) is 5.01. The number of likely N-dealkylation sites (tertiary alicyclic amines) is 1. The molecule has 1 aromatic heterocycles. The van der Waals surface area contributed by atoms with Crippen molar-refractivity contribution in [2.45, 2.75) is 45.5 Å². The molecular weight excluding hydrogens is 463 g/mol. The molecule has 0 bridgehead atoms. The average Bonchev–Trinajstić information content (AvgIpc) is 2.83. The summed E-state index contributed by atoms with van der Waals surface area (Å²) in [5.41, 5.74) is -0.559. The normalized spacial score (nSPS) is 15.2. The fourth-order valence-electron chi connectivity index (χ4n) is 3.93. The monoisotopic (exact) mass is 495 g/mol. The van der Waals surface area contributed by atoms with Crippen LogP contribution in [-0.2, 0) is 17.5 Å². The first-order chi connectivity index (χ1) is 16.6. The molecule has 10 heteroatoms. The minimum atomic E-state index is -4.69. The van der Waals surface area contributed by atoms with Crippen molar-refractivity contribution in [2.24, 2.45) is 5.92 Å². The molecule has 2 aromatic rings. The van der Waals surface area contributed by atoms with Crippen LogP contribution in [0.15, 0.2) is 30.5 Å². The summed E-state index contributed by atoms with van der Waals surface area (Å²) in [6, 6.07) is 6.76. The van der Waals surface area contributed by atoms with Crippen molar-refractivity contribution in [1.82, 2.24) is 9.88 Å². The molecule has 0 spiro atoms. The first kappa shape index (κ1) is 26.6. The van der Waals surface area contributed by atoms with Crippen LogP contribution in [0.5, 0.6) is 11.5 Å². The number of halogens is 3. The zero-order valence-corrected chi connectivity index (χ0v) is 20.4. The second-order valence-electron chi connectivity index (χ2n) is 8.99. The summed E-state index contributed by atoms with van der Waals surface area (Å²) in [5, 5.41) is 3.09. The van der Waals surface area contributed by atoms with Crippen molar-refractivity contribution in [1.29, 1.82) is 0 Å². The van der Waals surface area contributed by atoms with E-state index in [1.165, 1.54) is 0 Å². The lowest BCUT2D eigenvalue weighted by atomic mass is 10.0. The maximum absolute atomic E-state index is 13.4. The third kappa shape index (κ3) is 7.24. The number of rotatable bonds is 9. The summed E-state index contributed by atoms with van der Waals surface area (Å²) < 4.78 is 56.1. The third-order valence-electron chi connectivity index (χ3n) is 5.76. The minimum Gasteiger partial charge on any atom is -0.493 e. The third-order valence-corrected chi connectivity index (χ3v) is 5.76. The van der Waals surface area contributed by atoms with Crippen LogP contribution < -0.4 is 14.8 Å². The number of carbonyl (C=O) groups is 1. The summed E-state index contributed by atoms with van der Waals surface area (Å²) >= 11 is 0. The predicted molar refractivity (Wildman–Crippen MR) is 126 cm³/mol. The number of piperidine rings is 1. The topological polar surface area (TPSA) is 72.9 Å². The van der Waals surface area contributed by atoms with E-state index in [9.17, 15) is 18.0 Å². The highest BCUT2D eigenvalue weighted by Gasteiger charge is 2.36. The van der Waals surface area contributed by atoms with E-state index in [2.05, 4.69) is 33.8 Å². The lowest BCUT2D eigenvalue weighted by molar-refractivity contribution is -0.138. The minimum absolute atomic E-state index is 0.0235. The molecule has 0 radical (unpaired) electrons. The Bertz CT molecular complexity index is 1010. The summed E-state index contributed by atoms with van der Waals surface area (Å²) in [6.07, 6.45) is -2.29. The van der Waals surface area contributed by atoms with Crippen LogP contribution in [0.4, 0.5) is 19.0 Å². The molecule has 2 heterocycles. The number of aromatic nitrogens is 1. The Kier molecular flexibility index (Phi) is 8.82. The largest absolute Gasteiger partial charge is 0.493 e. The zero-order valence-electron chi connectivity index (χ0n) is 20.4. The number of pyridine rings is 1. The number of benzene rings is 1. The number of nitrogens with one attached hydrogen (secondary N) is 1. The van der Waals surface area contributed by atoms with Gasteiger partial charge >= 0.3 is 12.1 Å². The number of esters is 1. The number of methoxy groups -OCH3 is 2. The molecule has 1 N–H and O–H groups in total. The molecule has 7 nitrogen and oxygen atoms in total. The van der Waals surface area contributed by atoms with E-state index in [0.717, 1.165) is 63.2 Å². The fourth-order valence-corrected chi connectivity index (χ4v) is 3.93. The lowest BCUT2D eigenvalue weighted by Gasteiger charge is -2.32. The van der Waals surface area contributed by atoms with E-state index in [1.54, 1.807) is 7.11 Å². The van der Waals surface area contributed by atoms with Crippen LogP contribution in [0.25, 0.3) is 0 Å². The van der Waals surface area contributed by atoms with Gasteiger partial charge in [0.2, 0.25) is 0 Å². The van der Waals surface area contributed by atoms with E-state index in [4.69, 9.17) is 9.47 Å². The highest BCUT2D eigenvalue weighted by Crippen LogP contribution is 2.34. The number of hydrogen-bond donors (Lipinski definition) is 1. The van der Waals surface area contributed by atoms with Crippen LogP contribution in [0.2, 0.25) is 0 Å². The highest BCUT2D eigenvalue weighted by atomic mass is 19.4. The maximum atomic E-state index is 13.4. The Balaban J connectivity index is 1.60. The molecule has 1 aromatic carbocycles. The molecule has 1 aliphatic rings. The Morgan fingerprint density at radius 2 is 1.89 bits per heavy atom. The zero-order chi connectivity index (χ0) is 25.6. The van der Waals surface area contributed by atoms with Crippen molar-refractivity contribution in [3.8, 4) is 11.5 Å². The van der Waals surface area contributed by atoms with Gasteiger partial charge < -0.3 is 19.5 Å². The van der Waals surface area contributed by atoms with Crippen LogP contribution >= 0.6 is 0 Å². The van der Waals surface area contributed by atoms with Gasteiger partial charge in [0, 0.05) is 31.9 Å². The maximum Gasteiger partial charge on any atom is 0.417 e. The van der Waals surface area contributed by atoms with Crippen LogP contribution in [-0.4, -0.2) is 55.8 Å². The second-order valence-corrected chi connectivity index (χ2v) is 8.99. The second kappa shape index (κ2) is 11.6. The Labute approximate surface area is 203 Å². The average molecular weight is 496 g/mol. The van der Waals surface area contributed by atoms with E-state index < -0.39 is 23.3 Å². The van der Waals surface area contributed by atoms with Crippen LogP contribution in [0, 0.1) is 5.92 Å². The first-order valence-electron chi connectivity index (χ1n) is 11.5. The molecular formula is C25H32F3N3O4. The van der Waals surface area contributed by atoms with E-state index in [-0.39, 0.29) is 11.9 Å². The lowest BCUT2D eigenvalue weighted by Crippen LogP contribution is -2.38. The van der Waals surface area contributed by atoms with Gasteiger partial charge in [0.25, 0.3) is 0 Å². The van der Waals surface area contributed by atoms with Crippen molar-refractivity contribution in [2.75, 3.05) is 39.2 Å². The molecule has 3 rings (SSSR count). The molecule has 0 aliphatic carbocycles. The fraction of sp³-hybridized carbons (Fsp3) is 0.520.